The molecule has 0 saturated heterocycles. The summed E-state index contributed by atoms with van der Waals surface area (Å²) in [6.07, 6.45) is 2.39. The second kappa shape index (κ2) is 6.31. The normalized spacial score (nSPS) is 13.4. The maximum Gasteiger partial charge on any atom is 0.303 e. The van der Waals surface area contributed by atoms with Gasteiger partial charge in [-0.05, 0) is 37.5 Å². The van der Waals surface area contributed by atoms with Crippen molar-refractivity contribution in [1.29, 1.82) is 0 Å². The summed E-state index contributed by atoms with van der Waals surface area (Å²) in [6, 6.07) is 4.41. The van der Waals surface area contributed by atoms with Crippen LogP contribution >= 0.6 is 0 Å². The van der Waals surface area contributed by atoms with Crippen LogP contribution in [-0.2, 0) is 4.79 Å². The molecule has 0 aliphatic rings. The van der Waals surface area contributed by atoms with Crippen LogP contribution in [0.25, 0.3) is 0 Å². The fraction of sp³-hybridized carbons (Fsp3) is 0.357. The molecule has 0 spiro atoms. The maximum absolute atomic E-state index is 13.1. The molecule has 1 unspecified atom stereocenters. The second-order valence-corrected chi connectivity index (χ2v) is 4.44. The Kier molecular flexibility index (Phi) is 5.04. The number of hydrogen-bond donors (Lipinski definition) is 2. The summed E-state index contributed by atoms with van der Waals surface area (Å²) in [5.74, 6) is -1.08. The Hall–Kier alpha value is -1.68. The largest absolute Gasteiger partial charge is 0.481 e. The molecule has 0 fully saturated rings. The van der Waals surface area contributed by atoms with E-state index in [2.05, 4.69) is 0 Å². The molecule has 0 aromatic heterocycles. The van der Waals surface area contributed by atoms with Gasteiger partial charge in [-0.15, -0.1) is 0 Å². The zero-order valence-electron chi connectivity index (χ0n) is 10.6. The molecule has 1 rings (SSSR count). The average Bonchev–Trinajstić information content (AvgIpc) is 2.30. The Morgan fingerprint density at radius 3 is 2.72 bits per heavy atom. The van der Waals surface area contributed by atoms with Gasteiger partial charge in [-0.25, -0.2) is 4.39 Å². The Balaban J connectivity index is 2.74. The van der Waals surface area contributed by atoms with Crippen molar-refractivity contribution < 1.29 is 14.3 Å². The average molecular weight is 251 g/mol. The topological polar surface area (TPSA) is 63.3 Å². The number of carboxylic acid groups (broad SMARTS) is 1. The van der Waals surface area contributed by atoms with Crippen molar-refractivity contribution >= 4 is 5.97 Å². The predicted molar refractivity (Wildman–Crippen MR) is 68.7 cm³/mol. The molecular formula is C14H18FNO2. The number of hydrogen-bond acceptors (Lipinski definition) is 2. The number of carbonyl (C=O) groups is 1. The van der Waals surface area contributed by atoms with E-state index in [1.165, 1.54) is 6.07 Å². The molecule has 0 heterocycles. The Bertz CT molecular complexity index is 469. The van der Waals surface area contributed by atoms with E-state index in [-0.39, 0.29) is 18.3 Å². The standard InChI is InChI=1S/C14H18FNO2/c1-9(3-6-14(17)18)7-13(16)11-4-5-12(15)10(2)8-11/h4-5,7-8,13H,3,6,16H2,1-2H3,(H,17,18). The quantitative estimate of drug-likeness (QED) is 0.791. The zero-order valence-corrected chi connectivity index (χ0v) is 10.6. The number of benzene rings is 1. The van der Waals surface area contributed by atoms with Gasteiger partial charge in [-0.2, -0.15) is 0 Å². The predicted octanol–water partition coefficient (Wildman–Crippen LogP) is 2.95. The van der Waals surface area contributed by atoms with Crippen LogP contribution in [-0.4, -0.2) is 11.1 Å². The fourth-order valence-corrected chi connectivity index (χ4v) is 1.67. The molecule has 4 heteroatoms. The van der Waals surface area contributed by atoms with Gasteiger partial charge in [0.15, 0.2) is 0 Å². The number of rotatable bonds is 5. The van der Waals surface area contributed by atoms with Crippen molar-refractivity contribution in [3.63, 3.8) is 0 Å². The van der Waals surface area contributed by atoms with Gasteiger partial charge in [0.2, 0.25) is 0 Å². The van der Waals surface area contributed by atoms with Crippen LogP contribution in [0.2, 0.25) is 0 Å². The number of halogens is 1. The molecule has 3 N–H and O–H groups in total. The van der Waals surface area contributed by atoms with E-state index in [4.69, 9.17) is 10.8 Å². The highest BCUT2D eigenvalue weighted by atomic mass is 19.1. The van der Waals surface area contributed by atoms with Crippen molar-refractivity contribution in [2.24, 2.45) is 5.73 Å². The Morgan fingerprint density at radius 1 is 1.50 bits per heavy atom. The molecule has 1 atom stereocenters. The van der Waals surface area contributed by atoms with Crippen molar-refractivity contribution in [2.75, 3.05) is 0 Å². The summed E-state index contributed by atoms with van der Waals surface area (Å²) in [5, 5.41) is 8.58. The number of aliphatic carboxylic acids is 1. The van der Waals surface area contributed by atoms with E-state index in [1.807, 2.05) is 13.0 Å². The van der Waals surface area contributed by atoms with Crippen LogP contribution in [0, 0.1) is 12.7 Å². The first-order valence-corrected chi connectivity index (χ1v) is 5.81. The number of carboxylic acids is 1. The third-order valence-electron chi connectivity index (χ3n) is 2.76. The smallest absolute Gasteiger partial charge is 0.303 e. The first-order valence-electron chi connectivity index (χ1n) is 5.81. The monoisotopic (exact) mass is 251 g/mol. The van der Waals surface area contributed by atoms with Gasteiger partial charge < -0.3 is 10.8 Å². The number of nitrogens with two attached hydrogens (primary N) is 1. The van der Waals surface area contributed by atoms with Crippen LogP contribution in [0.15, 0.2) is 29.8 Å². The van der Waals surface area contributed by atoms with E-state index < -0.39 is 5.97 Å². The minimum Gasteiger partial charge on any atom is -0.481 e. The van der Waals surface area contributed by atoms with Crippen molar-refractivity contribution in [2.45, 2.75) is 32.7 Å². The minimum absolute atomic E-state index is 0.0947. The number of allylic oxidation sites excluding steroid dienone is 1. The molecular weight excluding hydrogens is 233 g/mol. The Morgan fingerprint density at radius 2 is 2.17 bits per heavy atom. The summed E-state index contributed by atoms with van der Waals surface area (Å²) in [5.41, 5.74) is 8.28. The van der Waals surface area contributed by atoms with Gasteiger partial charge in [0.1, 0.15) is 5.82 Å². The summed E-state index contributed by atoms with van der Waals surface area (Å²) >= 11 is 0. The van der Waals surface area contributed by atoms with Gasteiger partial charge in [0, 0.05) is 12.5 Å². The maximum atomic E-state index is 13.1. The first kappa shape index (κ1) is 14.4. The van der Waals surface area contributed by atoms with Gasteiger partial charge in [0.05, 0.1) is 0 Å². The molecule has 0 amide bonds. The van der Waals surface area contributed by atoms with Gasteiger partial charge in [-0.3, -0.25) is 4.79 Å². The van der Waals surface area contributed by atoms with Crippen molar-refractivity contribution in [1.82, 2.24) is 0 Å². The molecule has 0 bridgehead atoms. The highest BCUT2D eigenvalue weighted by Crippen LogP contribution is 2.18. The van der Waals surface area contributed by atoms with Crippen LogP contribution < -0.4 is 5.73 Å². The second-order valence-electron chi connectivity index (χ2n) is 4.44. The molecule has 0 aliphatic carbocycles. The van der Waals surface area contributed by atoms with Crippen molar-refractivity contribution in [3.8, 4) is 0 Å². The molecule has 98 valence electrons. The lowest BCUT2D eigenvalue weighted by Crippen LogP contribution is -2.08. The van der Waals surface area contributed by atoms with E-state index in [1.54, 1.807) is 19.1 Å². The van der Waals surface area contributed by atoms with E-state index >= 15 is 0 Å². The van der Waals surface area contributed by atoms with E-state index in [0.29, 0.717) is 12.0 Å². The molecule has 1 aromatic carbocycles. The summed E-state index contributed by atoms with van der Waals surface area (Å²) in [7, 11) is 0. The van der Waals surface area contributed by atoms with E-state index in [9.17, 15) is 9.18 Å². The lowest BCUT2D eigenvalue weighted by molar-refractivity contribution is -0.136. The van der Waals surface area contributed by atoms with Crippen molar-refractivity contribution in [3.05, 3.63) is 46.8 Å². The lowest BCUT2D eigenvalue weighted by atomic mass is 10.0. The summed E-state index contributed by atoms with van der Waals surface area (Å²) in [4.78, 5) is 10.4. The van der Waals surface area contributed by atoms with Crippen LogP contribution in [0.3, 0.4) is 0 Å². The number of aryl methyl sites for hydroxylation is 1. The Labute approximate surface area is 106 Å². The third-order valence-corrected chi connectivity index (χ3v) is 2.76. The summed E-state index contributed by atoms with van der Waals surface area (Å²) in [6.45, 7) is 3.53. The van der Waals surface area contributed by atoms with Crippen LogP contribution in [0.4, 0.5) is 4.39 Å². The van der Waals surface area contributed by atoms with Crippen LogP contribution in [0.5, 0.6) is 0 Å². The van der Waals surface area contributed by atoms with Crippen LogP contribution in [0.1, 0.15) is 36.9 Å². The molecule has 0 saturated carbocycles. The van der Waals surface area contributed by atoms with Gasteiger partial charge in [0.25, 0.3) is 0 Å². The first-order chi connectivity index (χ1) is 8.40. The summed E-state index contributed by atoms with van der Waals surface area (Å²) < 4.78 is 13.1. The highest BCUT2D eigenvalue weighted by molar-refractivity contribution is 5.67. The molecule has 3 nitrogen and oxygen atoms in total. The van der Waals surface area contributed by atoms with Gasteiger partial charge >= 0.3 is 5.97 Å². The SMILES string of the molecule is CC(=CC(N)c1ccc(F)c(C)c1)CCC(=O)O. The van der Waals surface area contributed by atoms with E-state index in [0.717, 1.165) is 11.1 Å². The molecule has 1 aromatic rings. The minimum atomic E-state index is -0.825. The highest BCUT2D eigenvalue weighted by Gasteiger charge is 2.06. The molecule has 0 aliphatic heterocycles. The zero-order chi connectivity index (χ0) is 13.7. The third kappa shape index (κ3) is 4.30. The molecule has 0 radical (unpaired) electrons. The van der Waals surface area contributed by atoms with Gasteiger partial charge in [-0.1, -0.05) is 23.8 Å². The lowest BCUT2D eigenvalue weighted by Gasteiger charge is -2.10. The fourth-order valence-electron chi connectivity index (χ4n) is 1.67. The molecule has 18 heavy (non-hydrogen) atoms.